The number of hydrogen-bond acceptors (Lipinski definition) is 8. The van der Waals surface area contributed by atoms with Crippen molar-refractivity contribution in [1.29, 1.82) is 5.26 Å². The lowest BCUT2D eigenvalue weighted by atomic mass is 10.1. The van der Waals surface area contributed by atoms with Gasteiger partial charge in [0.15, 0.2) is 18.6 Å². The van der Waals surface area contributed by atoms with Crippen LogP contribution in [0.5, 0.6) is 11.5 Å². The van der Waals surface area contributed by atoms with Crippen LogP contribution in [0.4, 0.5) is 0 Å². The summed E-state index contributed by atoms with van der Waals surface area (Å²) >= 11 is 0. The number of rotatable bonds is 8. The minimum Gasteiger partial charge on any atom is -0.497 e. The highest BCUT2D eigenvalue weighted by atomic mass is 16.5. The van der Waals surface area contributed by atoms with Crippen LogP contribution in [0.25, 0.3) is 11.5 Å². The van der Waals surface area contributed by atoms with Gasteiger partial charge in [-0.25, -0.2) is 0 Å². The summed E-state index contributed by atoms with van der Waals surface area (Å²) in [6.07, 6.45) is 3.42. The maximum Gasteiger partial charge on any atom is 0.258 e. The zero-order valence-electron chi connectivity index (χ0n) is 18.5. The van der Waals surface area contributed by atoms with Crippen molar-refractivity contribution < 1.29 is 18.8 Å². The average Bonchev–Trinajstić information content (AvgIpc) is 3.44. The van der Waals surface area contributed by atoms with Crippen LogP contribution >= 0.6 is 0 Å². The van der Waals surface area contributed by atoms with Crippen LogP contribution in [0.2, 0.25) is 0 Å². The summed E-state index contributed by atoms with van der Waals surface area (Å²) in [5.41, 5.74) is 1.78. The van der Waals surface area contributed by atoms with Crippen LogP contribution in [0.1, 0.15) is 24.7 Å². The lowest BCUT2D eigenvalue weighted by Crippen LogP contribution is -2.39. The Bertz CT molecular complexity index is 1140. The van der Waals surface area contributed by atoms with Gasteiger partial charge in [-0.05, 0) is 55.3 Å². The number of nitriles is 1. The van der Waals surface area contributed by atoms with Crippen LogP contribution in [0.15, 0.2) is 53.1 Å². The molecule has 0 bridgehead atoms. The third-order valence-electron chi connectivity index (χ3n) is 5.50. The minimum absolute atomic E-state index is 0.0400. The summed E-state index contributed by atoms with van der Waals surface area (Å²) in [6, 6.07) is 14.9. The second-order valence-corrected chi connectivity index (χ2v) is 7.96. The monoisotopic (exact) mass is 447 g/mol. The standard InChI is InChI=1S/C24H25N5O4/c1-16-10-19(13-29(16)15-25)26-23(30)14-32-20-8-6-18(7-9-20)24-27-22(28-33-24)12-17-4-3-5-21(11-17)31-2/h3-9,11,16,19H,10,12-14H2,1-2H3,(H,26,30)/t16-,19-/m1/s1. The number of methoxy groups -OCH3 is 1. The molecule has 1 aliphatic heterocycles. The molecular formula is C24H25N5O4. The van der Waals surface area contributed by atoms with Crippen LogP contribution in [0.3, 0.4) is 0 Å². The molecule has 0 radical (unpaired) electrons. The van der Waals surface area contributed by atoms with Crippen LogP contribution in [-0.2, 0) is 11.2 Å². The molecule has 0 spiro atoms. The van der Waals surface area contributed by atoms with Gasteiger partial charge in [0.25, 0.3) is 11.8 Å². The second-order valence-electron chi connectivity index (χ2n) is 7.96. The van der Waals surface area contributed by atoms with Crippen molar-refractivity contribution >= 4 is 5.91 Å². The molecule has 0 aliphatic carbocycles. The molecule has 0 saturated carbocycles. The van der Waals surface area contributed by atoms with Gasteiger partial charge in [0.1, 0.15) is 11.5 Å². The highest BCUT2D eigenvalue weighted by Crippen LogP contribution is 2.22. The number of aromatic nitrogens is 2. The number of nitrogens with one attached hydrogen (secondary N) is 1. The van der Waals surface area contributed by atoms with Crippen molar-refractivity contribution in [2.45, 2.75) is 31.8 Å². The molecular weight excluding hydrogens is 422 g/mol. The van der Waals surface area contributed by atoms with E-state index in [0.717, 1.165) is 23.3 Å². The van der Waals surface area contributed by atoms with Crippen molar-refractivity contribution in [2.75, 3.05) is 20.3 Å². The fourth-order valence-electron chi connectivity index (χ4n) is 3.79. The van der Waals surface area contributed by atoms with Crippen LogP contribution < -0.4 is 14.8 Å². The zero-order valence-corrected chi connectivity index (χ0v) is 18.5. The Hall–Kier alpha value is -4.06. The van der Waals surface area contributed by atoms with Gasteiger partial charge in [-0.15, -0.1) is 0 Å². The molecule has 1 N–H and O–H groups in total. The van der Waals surface area contributed by atoms with E-state index in [1.807, 2.05) is 31.2 Å². The number of nitrogens with zero attached hydrogens (tertiary/aromatic N) is 4. The smallest absolute Gasteiger partial charge is 0.258 e. The fourth-order valence-corrected chi connectivity index (χ4v) is 3.79. The van der Waals surface area contributed by atoms with Gasteiger partial charge in [0.05, 0.1) is 7.11 Å². The number of hydrogen-bond donors (Lipinski definition) is 1. The van der Waals surface area contributed by atoms with E-state index in [1.54, 1.807) is 36.3 Å². The molecule has 9 nitrogen and oxygen atoms in total. The van der Waals surface area contributed by atoms with E-state index in [1.165, 1.54) is 0 Å². The highest BCUT2D eigenvalue weighted by Gasteiger charge is 2.29. The van der Waals surface area contributed by atoms with Crippen molar-refractivity contribution in [3.05, 3.63) is 59.9 Å². The van der Waals surface area contributed by atoms with E-state index in [9.17, 15) is 4.79 Å². The topological polar surface area (TPSA) is 114 Å². The molecule has 2 atom stereocenters. The van der Waals surface area contributed by atoms with Gasteiger partial charge in [0, 0.05) is 30.6 Å². The summed E-state index contributed by atoms with van der Waals surface area (Å²) in [7, 11) is 1.63. The molecule has 1 amide bonds. The Morgan fingerprint density at radius 2 is 2.09 bits per heavy atom. The Morgan fingerprint density at radius 3 is 2.82 bits per heavy atom. The van der Waals surface area contributed by atoms with Gasteiger partial charge >= 0.3 is 0 Å². The Morgan fingerprint density at radius 1 is 1.27 bits per heavy atom. The highest BCUT2D eigenvalue weighted by molar-refractivity contribution is 5.78. The first-order valence-electron chi connectivity index (χ1n) is 10.7. The van der Waals surface area contributed by atoms with E-state index in [0.29, 0.717) is 30.4 Å². The third kappa shape index (κ3) is 5.60. The number of carbonyl (C=O) groups excluding carboxylic acids is 1. The molecule has 0 unspecified atom stereocenters. The van der Waals surface area contributed by atoms with E-state index < -0.39 is 0 Å². The first kappa shape index (κ1) is 22.1. The molecule has 2 heterocycles. The summed E-state index contributed by atoms with van der Waals surface area (Å²) in [5.74, 6) is 2.11. The number of amides is 1. The van der Waals surface area contributed by atoms with Crippen molar-refractivity contribution in [2.24, 2.45) is 0 Å². The van der Waals surface area contributed by atoms with Crippen molar-refractivity contribution in [1.82, 2.24) is 20.4 Å². The summed E-state index contributed by atoms with van der Waals surface area (Å²) < 4.78 is 16.2. The minimum atomic E-state index is -0.213. The van der Waals surface area contributed by atoms with Gasteiger partial charge in [-0.3, -0.25) is 4.79 Å². The Balaban J connectivity index is 1.29. The zero-order chi connectivity index (χ0) is 23.2. The molecule has 1 aliphatic rings. The SMILES string of the molecule is COc1cccc(Cc2noc(-c3ccc(OCC(=O)N[C@@H]4C[C@@H](C)N(C#N)C4)cc3)n2)c1. The number of ether oxygens (including phenoxy) is 2. The average molecular weight is 447 g/mol. The number of likely N-dealkylation sites (tertiary alicyclic amines) is 1. The largest absolute Gasteiger partial charge is 0.497 e. The lowest BCUT2D eigenvalue weighted by molar-refractivity contribution is -0.123. The maximum absolute atomic E-state index is 12.2. The fraction of sp³-hybridized carbons (Fsp3) is 0.333. The van der Waals surface area contributed by atoms with Crippen LogP contribution in [0, 0.1) is 11.5 Å². The normalized spacial score (nSPS) is 17.4. The van der Waals surface area contributed by atoms with Crippen molar-refractivity contribution in [3.8, 4) is 29.1 Å². The summed E-state index contributed by atoms with van der Waals surface area (Å²) in [5, 5.41) is 16.0. The van der Waals surface area contributed by atoms with Crippen LogP contribution in [-0.4, -0.2) is 53.3 Å². The molecule has 9 heteroatoms. The van der Waals surface area contributed by atoms with Gasteiger partial charge in [-0.2, -0.15) is 10.2 Å². The van der Waals surface area contributed by atoms with E-state index in [4.69, 9.17) is 19.3 Å². The van der Waals surface area contributed by atoms with Gasteiger partial charge < -0.3 is 24.2 Å². The first-order valence-corrected chi connectivity index (χ1v) is 10.7. The third-order valence-corrected chi connectivity index (χ3v) is 5.50. The van der Waals surface area contributed by atoms with E-state index in [2.05, 4.69) is 21.7 Å². The second kappa shape index (κ2) is 10.0. The summed E-state index contributed by atoms with van der Waals surface area (Å²) in [4.78, 5) is 18.3. The van der Waals surface area contributed by atoms with E-state index in [-0.39, 0.29) is 24.6 Å². The van der Waals surface area contributed by atoms with Crippen molar-refractivity contribution in [3.63, 3.8) is 0 Å². The number of benzene rings is 2. The summed E-state index contributed by atoms with van der Waals surface area (Å²) in [6.45, 7) is 2.41. The molecule has 3 aromatic rings. The van der Waals surface area contributed by atoms with Gasteiger partial charge in [-0.1, -0.05) is 17.3 Å². The molecule has 1 saturated heterocycles. The quantitative estimate of drug-likeness (QED) is 0.525. The lowest BCUT2D eigenvalue weighted by Gasteiger charge is -2.13. The molecule has 33 heavy (non-hydrogen) atoms. The molecule has 1 fully saturated rings. The predicted molar refractivity (Wildman–Crippen MR) is 119 cm³/mol. The number of carbonyl (C=O) groups is 1. The Kier molecular flexibility index (Phi) is 6.74. The molecule has 4 rings (SSSR count). The maximum atomic E-state index is 12.2. The molecule has 1 aromatic heterocycles. The molecule has 2 aromatic carbocycles. The van der Waals surface area contributed by atoms with Gasteiger partial charge in [0.2, 0.25) is 0 Å². The first-order chi connectivity index (χ1) is 16.0. The predicted octanol–water partition coefficient (Wildman–Crippen LogP) is 2.77. The molecule has 170 valence electrons. The van der Waals surface area contributed by atoms with E-state index >= 15 is 0 Å². The Labute approximate surface area is 191 Å².